The van der Waals surface area contributed by atoms with Crippen molar-refractivity contribution in [3.05, 3.63) is 94.5 Å². The second kappa shape index (κ2) is 12.9. The van der Waals surface area contributed by atoms with E-state index in [9.17, 15) is 18.0 Å². The van der Waals surface area contributed by atoms with Crippen LogP contribution in [0.15, 0.2) is 77.7 Å². The van der Waals surface area contributed by atoms with Gasteiger partial charge in [-0.3, -0.25) is 13.9 Å². The van der Waals surface area contributed by atoms with Crippen molar-refractivity contribution in [1.29, 1.82) is 0 Å². The van der Waals surface area contributed by atoms with Crippen LogP contribution >= 0.6 is 11.6 Å². The van der Waals surface area contributed by atoms with E-state index in [0.29, 0.717) is 5.02 Å². The normalized spacial score (nSPS) is 14.5. The number of sulfonamides is 1. The van der Waals surface area contributed by atoms with Gasteiger partial charge < -0.3 is 10.2 Å². The number of aryl methyl sites for hydroxylation is 2. The molecule has 0 unspecified atom stereocenters. The Labute approximate surface area is 242 Å². The number of nitrogens with zero attached hydrogens (tertiary/aromatic N) is 2. The first-order chi connectivity index (χ1) is 19.1. The Morgan fingerprint density at radius 2 is 1.65 bits per heavy atom. The fourth-order valence-electron chi connectivity index (χ4n) is 4.94. The molecule has 0 saturated heterocycles. The topological polar surface area (TPSA) is 86.8 Å². The molecule has 0 radical (unpaired) electrons. The van der Waals surface area contributed by atoms with E-state index in [4.69, 9.17) is 11.6 Å². The molecule has 1 aliphatic carbocycles. The van der Waals surface area contributed by atoms with E-state index in [0.717, 1.165) is 46.7 Å². The zero-order valence-corrected chi connectivity index (χ0v) is 24.7. The van der Waals surface area contributed by atoms with Crippen molar-refractivity contribution in [2.75, 3.05) is 10.8 Å². The lowest BCUT2D eigenvalue weighted by Gasteiger charge is -2.33. The largest absolute Gasteiger partial charge is 0.352 e. The predicted molar refractivity (Wildman–Crippen MR) is 159 cm³/mol. The fraction of sp³-hybridized carbons (Fsp3) is 0.355. The molecule has 9 heteroatoms. The highest BCUT2D eigenvalue weighted by molar-refractivity contribution is 7.92. The van der Waals surface area contributed by atoms with Gasteiger partial charge in [-0.1, -0.05) is 72.5 Å². The lowest BCUT2D eigenvalue weighted by Crippen LogP contribution is -2.52. The van der Waals surface area contributed by atoms with Gasteiger partial charge in [0, 0.05) is 17.6 Å². The summed E-state index contributed by atoms with van der Waals surface area (Å²) in [6, 6.07) is 19.8. The predicted octanol–water partition coefficient (Wildman–Crippen LogP) is 5.63. The smallest absolute Gasteiger partial charge is 0.264 e. The van der Waals surface area contributed by atoms with E-state index in [1.54, 1.807) is 37.3 Å². The second-order valence-electron chi connectivity index (χ2n) is 10.4. The van der Waals surface area contributed by atoms with E-state index in [2.05, 4.69) is 5.32 Å². The summed E-state index contributed by atoms with van der Waals surface area (Å²) in [6.45, 7) is 5.18. The first-order valence-corrected chi connectivity index (χ1v) is 15.4. The Morgan fingerprint density at radius 3 is 2.30 bits per heavy atom. The van der Waals surface area contributed by atoms with Crippen molar-refractivity contribution in [3.63, 3.8) is 0 Å². The highest BCUT2D eigenvalue weighted by Crippen LogP contribution is 2.27. The monoisotopic (exact) mass is 581 g/mol. The standard InChI is InChI=1S/C31H36ClN3O4S/c1-22-15-17-29(18-16-22)40(38,39)35(28-14-8-11-26(32)19-28)21-30(36)34(20-25-10-5-4-9-23(25)2)24(3)31(37)33-27-12-6-7-13-27/h4-5,8-11,14-19,24,27H,6-7,12-13,20-21H2,1-3H3,(H,33,37)/t24-/m0/s1. The van der Waals surface area contributed by atoms with Gasteiger partial charge in [0.05, 0.1) is 10.6 Å². The number of hydrogen-bond donors (Lipinski definition) is 1. The number of carbonyl (C=O) groups excluding carboxylic acids is 2. The molecule has 1 fully saturated rings. The lowest BCUT2D eigenvalue weighted by molar-refractivity contribution is -0.139. The fourth-order valence-corrected chi connectivity index (χ4v) is 6.53. The second-order valence-corrected chi connectivity index (χ2v) is 12.7. The van der Waals surface area contributed by atoms with Crippen molar-refractivity contribution < 1.29 is 18.0 Å². The molecule has 3 aromatic rings. The molecule has 0 aliphatic heterocycles. The summed E-state index contributed by atoms with van der Waals surface area (Å²) in [5.74, 6) is -0.738. The molecule has 40 heavy (non-hydrogen) atoms. The van der Waals surface area contributed by atoms with Crippen LogP contribution in [0.25, 0.3) is 0 Å². The van der Waals surface area contributed by atoms with Crippen molar-refractivity contribution in [2.24, 2.45) is 0 Å². The van der Waals surface area contributed by atoms with E-state index in [-0.39, 0.29) is 29.1 Å². The summed E-state index contributed by atoms with van der Waals surface area (Å²) in [5, 5.41) is 3.43. The zero-order chi connectivity index (χ0) is 28.9. The Balaban J connectivity index is 1.69. The van der Waals surface area contributed by atoms with Crippen LogP contribution in [0.2, 0.25) is 5.02 Å². The number of benzene rings is 3. The van der Waals surface area contributed by atoms with Gasteiger partial charge in [0.1, 0.15) is 12.6 Å². The van der Waals surface area contributed by atoms with Gasteiger partial charge in [0.25, 0.3) is 10.0 Å². The molecular weight excluding hydrogens is 546 g/mol. The van der Waals surface area contributed by atoms with Gasteiger partial charge in [-0.2, -0.15) is 0 Å². The van der Waals surface area contributed by atoms with E-state index >= 15 is 0 Å². The molecule has 4 rings (SSSR count). The highest BCUT2D eigenvalue weighted by Gasteiger charge is 2.33. The summed E-state index contributed by atoms with van der Waals surface area (Å²) < 4.78 is 28.9. The summed E-state index contributed by atoms with van der Waals surface area (Å²) in [4.78, 5) is 28.9. The van der Waals surface area contributed by atoms with E-state index in [1.807, 2.05) is 38.1 Å². The summed E-state index contributed by atoms with van der Waals surface area (Å²) in [7, 11) is -4.14. The molecule has 0 heterocycles. The molecule has 0 spiro atoms. The van der Waals surface area contributed by atoms with Gasteiger partial charge in [-0.05, 0) is 75.1 Å². The molecule has 7 nitrogen and oxygen atoms in total. The minimum absolute atomic E-state index is 0.0587. The van der Waals surface area contributed by atoms with Gasteiger partial charge in [0.15, 0.2) is 0 Å². The molecule has 3 aromatic carbocycles. The van der Waals surface area contributed by atoms with Gasteiger partial charge in [-0.25, -0.2) is 8.42 Å². The van der Waals surface area contributed by atoms with Crippen molar-refractivity contribution in [2.45, 2.75) is 70.0 Å². The number of amides is 2. The maximum atomic E-state index is 14.0. The van der Waals surface area contributed by atoms with E-state index < -0.39 is 28.5 Å². The third kappa shape index (κ3) is 7.04. The molecule has 0 aromatic heterocycles. The number of halogens is 1. The van der Waals surface area contributed by atoms with Crippen LogP contribution in [-0.2, 0) is 26.2 Å². The van der Waals surface area contributed by atoms with Gasteiger partial charge >= 0.3 is 0 Å². The minimum atomic E-state index is -4.14. The molecular formula is C31H36ClN3O4S. The highest BCUT2D eigenvalue weighted by atomic mass is 35.5. The van der Waals surface area contributed by atoms with Crippen LogP contribution in [0.3, 0.4) is 0 Å². The maximum absolute atomic E-state index is 14.0. The van der Waals surface area contributed by atoms with E-state index in [1.165, 1.54) is 23.1 Å². The lowest BCUT2D eigenvalue weighted by atomic mass is 10.1. The average Bonchev–Trinajstić information content (AvgIpc) is 3.44. The summed E-state index contributed by atoms with van der Waals surface area (Å²) >= 11 is 6.23. The van der Waals surface area contributed by atoms with Crippen molar-refractivity contribution >= 4 is 39.1 Å². The van der Waals surface area contributed by atoms with Crippen molar-refractivity contribution in [3.8, 4) is 0 Å². The van der Waals surface area contributed by atoms with Gasteiger partial charge in [-0.15, -0.1) is 0 Å². The van der Waals surface area contributed by atoms with Crippen LogP contribution in [-0.4, -0.2) is 43.8 Å². The molecule has 1 saturated carbocycles. The average molecular weight is 582 g/mol. The molecule has 2 amide bonds. The Morgan fingerprint density at radius 1 is 0.975 bits per heavy atom. The van der Waals surface area contributed by atoms with Crippen LogP contribution in [0.1, 0.15) is 49.3 Å². The quantitative estimate of drug-likeness (QED) is 0.336. The maximum Gasteiger partial charge on any atom is 0.264 e. The first kappa shape index (κ1) is 29.6. The summed E-state index contributed by atoms with van der Waals surface area (Å²) in [5.41, 5.74) is 3.03. The SMILES string of the molecule is Cc1ccc(S(=O)(=O)N(CC(=O)N(Cc2ccccc2C)[C@@H](C)C(=O)NC2CCCC2)c2cccc(Cl)c2)cc1. The zero-order valence-electron chi connectivity index (χ0n) is 23.1. The molecule has 1 atom stereocenters. The van der Waals surface area contributed by atoms with Crippen LogP contribution < -0.4 is 9.62 Å². The van der Waals surface area contributed by atoms with Crippen LogP contribution in [0, 0.1) is 13.8 Å². The Kier molecular flexibility index (Phi) is 9.53. The molecule has 0 bridgehead atoms. The number of anilines is 1. The number of rotatable bonds is 10. The molecule has 212 valence electrons. The first-order valence-electron chi connectivity index (χ1n) is 13.6. The summed E-state index contributed by atoms with van der Waals surface area (Å²) in [6.07, 6.45) is 3.97. The number of hydrogen-bond acceptors (Lipinski definition) is 4. The third-order valence-electron chi connectivity index (χ3n) is 7.45. The molecule has 1 N–H and O–H groups in total. The Hall–Kier alpha value is -3.36. The third-order valence-corrected chi connectivity index (χ3v) is 9.48. The molecule has 1 aliphatic rings. The number of carbonyl (C=O) groups is 2. The van der Waals surface area contributed by atoms with Crippen LogP contribution in [0.5, 0.6) is 0 Å². The number of nitrogens with one attached hydrogen (secondary N) is 1. The minimum Gasteiger partial charge on any atom is -0.352 e. The Bertz CT molecular complexity index is 1450. The van der Waals surface area contributed by atoms with Crippen molar-refractivity contribution in [1.82, 2.24) is 10.2 Å². The van der Waals surface area contributed by atoms with Crippen LogP contribution in [0.4, 0.5) is 5.69 Å². The van der Waals surface area contributed by atoms with Gasteiger partial charge in [0.2, 0.25) is 11.8 Å².